The van der Waals surface area contributed by atoms with Gasteiger partial charge in [-0.15, -0.1) is 0 Å². The van der Waals surface area contributed by atoms with Crippen LogP contribution in [-0.4, -0.2) is 62.5 Å². The third-order valence-electron chi connectivity index (χ3n) is 2.72. The van der Waals surface area contributed by atoms with Gasteiger partial charge < -0.3 is 15.5 Å². The van der Waals surface area contributed by atoms with E-state index in [0.717, 1.165) is 30.7 Å². The van der Waals surface area contributed by atoms with Crippen LogP contribution < -0.4 is 10.6 Å². The SMILES string of the molecule is CSCCNC(=NCC(=O)N(C)C)NCC1CC1. The van der Waals surface area contributed by atoms with Crippen molar-refractivity contribution in [3.05, 3.63) is 0 Å². The molecule has 0 aliphatic heterocycles. The van der Waals surface area contributed by atoms with E-state index in [1.54, 1.807) is 30.8 Å². The van der Waals surface area contributed by atoms with Crippen molar-refractivity contribution in [3.8, 4) is 0 Å². The largest absolute Gasteiger partial charge is 0.356 e. The first-order valence-corrected chi connectivity index (χ1v) is 7.74. The molecule has 0 unspecified atom stereocenters. The molecular formula is C12H24N4OS. The zero-order valence-corrected chi connectivity index (χ0v) is 12.3. The Morgan fingerprint density at radius 1 is 1.39 bits per heavy atom. The van der Waals surface area contributed by atoms with Crippen LogP contribution in [0.2, 0.25) is 0 Å². The lowest BCUT2D eigenvalue weighted by Crippen LogP contribution is -2.40. The third-order valence-corrected chi connectivity index (χ3v) is 3.34. The summed E-state index contributed by atoms with van der Waals surface area (Å²) in [7, 11) is 3.49. The molecule has 18 heavy (non-hydrogen) atoms. The topological polar surface area (TPSA) is 56.7 Å². The number of nitrogens with zero attached hydrogens (tertiary/aromatic N) is 2. The van der Waals surface area contributed by atoms with Crippen LogP contribution in [0.1, 0.15) is 12.8 Å². The fraction of sp³-hybridized carbons (Fsp3) is 0.833. The summed E-state index contributed by atoms with van der Waals surface area (Å²) in [5.41, 5.74) is 0. The van der Waals surface area contributed by atoms with Crippen LogP contribution in [0.4, 0.5) is 0 Å². The molecule has 104 valence electrons. The van der Waals surface area contributed by atoms with Gasteiger partial charge in [0.1, 0.15) is 6.54 Å². The minimum Gasteiger partial charge on any atom is -0.356 e. The molecule has 1 aliphatic carbocycles. The van der Waals surface area contributed by atoms with Crippen LogP contribution in [0.3, 0.4) is 0 Å². The highest BCUT2D eigenvalue weighted by atomic mass is 32.2. The molecule has 0 bridgehead atoms. The summed E-state index contributed by atoms with van der Waals surface area (Å²) in [4.78, 5) is 17.4. The van der Waals surface area contributed by atoms with E-state index < -0.39 is 0 Å². The Morgan fingerprint density at radius 2 is 2.11 bits per heavy atom. The Balaban J connectivity index is 2.34. The predicted octanol–water partition coefficient (Wildman–Crippen LogP) is 0.383. The Bertz CT molecular complexity index is 290. The van der Waals surface area contributed by atoms with Gasteiger partial charge in [-0.3, -0.25) is 4.79 Å². The van der Waals surface area contributed by atoms with Crippen molar-refractivity contribution in [2.75, 3.05) is 45.7 Å². The Morgan fingerprint density at radius 3 is 2.67 bits per heavy atom. The van der Waals surface area contributed by atoms with E-state index in [0.29, 0.717) is 0 Å². The number of carbonyl (C=O) groups is 1. The molecule has 1 saturated carbocycles. The first-order chi connectivity index (χ1) is 8.63. The smallest absolute Gasteiger partial charge is 0.243 e. The van der Waals surface area contributed by atoms with Gasteiger partial charge in [0, 0.05) is 32.9 Å². The van der Waals surface area contributed by atoms with Crippen LogP contribution in [0.5, 0.6) is 0 Å². The van der Waals surface area contributed by atoms with Crippen molar-refractivity contribution in [3.63, 3.8) is 0 Å². The van der Waals surface area contributed by atoms with E-state index in [2.05, 4.69) is 21.9 Å². The van der Waals surface area contributed by atoms with Crippen molar-refractivity contribution in [1.82, 2.24) is 15.5 Å². The highest BCUT2D eigenvalue weighted by molar-refractivity contribution is 7.98. The zero-order chi connectivity index (χ0) is 13.4. The highest BCUT2D eigenvalue weighted by Gasteiger charge is 2.21. The lowest BCUT2D eigenvalue weighted by Gasteiger charge is -2.13. The summed E-state index contributed by atoms with van der Waals surface area (Å²) in [5.74, 6) is 2.60. The van der Waals surface area contributed by atoms with Crippen LogP contribution in [-0.2, 0) is 4.79 Å². The van der Waals surface area contributed by atoms with E-state index in [4.69, 9.17) is 0 Å². The maximum absolute atomic E-state index is 11.5. The number of carbonyl (C=O) groups excluding carboxylic acids is 1. The van der Waals surface area contributed by atoms with Gasteiger partial charge in [-0.25, -0.2) is 4.99 Å². The molecule has 0 radical (unpaired) electrons. The highest BCUT2D eigenvalue weighted by Crippen LogP contribution is 2.27. The van der Waals surface area contributed by atoms with Gasteiger partial charge in [-0.05, 0) is 25.0 Å². The number of aliphatic imine (C=N–C) groups is 1. The maximum Gasteiger partial charge on any atom is 0.243 e. The molecule has 1 rings (SSSR count). The molecule has 0 aromatic heterocycles. The van der Waals surface area contributed by atoms with Crippen molar-refractivity contribution >= 4 is 23.6 Å². The number of hydrogen-bond donors (Lipinski definition) is 2. The molecular weight excluding hydrogens is 248 g/mol. The van der Waals surface area contributed by atoms with Gasteiger partial charge in [0.2, 0.25) is 5.91 Å². The number of rotatable bonds is 7. The molecule has 1 aliphatic rings. The van der Waals surface area contributed by atoms with Gasteiger partial charge in [0.05, 0.1) is 0 Å². The number of guanidine groups is 1. The minimum absolute atomic E-state index is 0.0207. The number of amides is 1. The van der Waals surface area contributed by atoms with E-state index in [1.807, 2.05) is 0 Å². The number of hydrogen-bond acceptors (Lipinski definition) is 3. The summed E-state index contributed by atoms with van der Waals surface area (Å²) in [6, 6.07) is 0. The molecule has 0 spiro atoms. The molecule has 1 fully saturated rings. The van der Waals surface area contributed by atoms with Gasteiger partial charge >= 0.3 is 0 Å². The molecule has 5 nitrogen and oxygen atoms in total. The number of nitrogens with one attached hydrogen (secondary N) is 2. The first-order valence-electron chi connectivity index (χ1n) is 6.34. The van der Waals surface area contributed by atoms with E-state index in [1.165, 1.54) is 12.8 Å². The van der Waals surface area contributed by atoms with Crippen LogP contribution in [0, 0.1) is 5.92 Å². The fourth-order valence-electron chi connectivity index (χ4n) is 1.30. The zero-order valence-electron chi connectivity index (χ0n) is 11.5. The third kappa shape index (κ3) is 6.74. The maximum atomic E-state index is 11.5. The van der Waals surface area contributed by atoms with Crippen molar-refractivity contribution < 1.29 is 4.79 Å². The van der Waals surface area contributed by atoms with Gasteiger partial charge in [-0.2, -0.15) is 11.8 Å². The Labute approximate surface area is 114 Å². The second-order valence-corrected chi connectivity index (χ2v) is 5.68. The standard InChI is InChI=1S/C12H24N4OS/c1-16(2)11(17)9-15-12(13-6-7-18-3)14-8-10-4-5-10/h10H,4-9H2,1-3H3,(H2,13,14,15). The lowest BCUT2D eigenvalue weighted by atomic mass is 10.4. The Hall–Kier alpha value is -0.910. The summed E-state index contributed by atoms with van der Waals surface area (Å²) >= 11 is 1.79. The molecule has 0 aromatic carbocycles. The second kappa shape index (κ2) is 8.24. The summed E-state index contributed by atoms with van der Waals surface area (Å²) < 4.78 is 0. The van der Waals surface area contributed by atoms with Crippen LogP contribution in [0.15, 0.2) is 4.99 Å². The van der Waals surface area contributed by atoms with Crippen molar-refractivity contribution in [2.45, 2.75) is 12.8 Å². The van der Waals surface area contributed by atoms with Crippen molar-refractivity contribution in [2.24, 2.45) is 10.9 Å². The average Bonchev–Trinajstić information content (AvgIpc) is 3.15. The molecule has 1 amide bonds. The first kappa shape index (κ1) is 15.1. The molecule has 2 N–H and O–H groups in total. The molecule has 0 aromatic rings. The van der Waals surface area contributed by atoms with E-state index in [9.17, 15) is 4.79 Å². The van der Waals surface area contributed by atoms with Gasteiger partial charge in [0.25, 0.3) is 0 Å². The van der Waals surface area contributed by atoms with Crippen molar-refractivity contribution in [1.29, 1.82) is 0 Å². The Kier molecular flexibility index (Phi) is 6.93. The average molecular weight is 272 g/mol. The number of thioether (sulfide) groups is 1. The minimum atomic E-state index is 0.0207. The summed E-state index contributed by atoms with van der Waals surface area (Å²) in [6.07, 6.45) is 4.69. The fourth-order valence-corrected chi connectivity index (χ4v) is 1.60. The van der Waals surface area contributed by atoms with Gasteiger partial charge in [0.15, 0.2) is 5.96 Å². The lowest BCUT2D eigenvalue weighted by molar-refractivity contribution is -0.127. The molecule has 0 heterocycles. The van der Waals surface area contributed by atoms with Crippen LogP contribution >= 0.6 is 11.8 Å². The van der Waals surface area contributed by atoms with Crippen LogP contribution in [0.25, 0.3) is 0 Å². The van der Waals surface area contributed by atoms with Gasteiger partial charge in [-0.1, -0.05) is 0 Å². The monoisotopic (exact) mass is 272 g/mol. The predicted molar refractivity (Wildman–Crippen MR) is 78.1 cm³/mol. The summed E-state index contributed by atoms with van der Waals surface area (Å²) in [5, 5.41) is 6.54. The quantitative estimate of drug-likeness (QED) is 0.400. The number of likely N-dealkylation sites (N-methyl/N-ethyl adjacent to an activating group) is 1. The van der Waals surface area contributed by atoms with E-state index >= 15 is 0 Å². The van der Waals surface area contributed by atoms with E-state index in [-0.39, 0.29) is 12.5 Å². The molecule has 0 atom stereocenters. The molecule has 6 heteroatoms. The molecule has 0 saturated heterocycles. The second-order valence-electron chi connectivity index (χ2n) is 4.70. The normalized spacial score (nSPS) is 15.4. The summed E-state index contributed by atoms with van der Waals surface area (Å²) in [6.45, 7) is 2.03.